The Kier molecular flexibility index (Phi) is 7.81. The molecule has 2 heterocycles. The minimum absolute atomic E-state index is 0.0487. The molecule has 1 aromatic carbocycles. The number of anilines is 1. The zero-order valence-electron chi connectivity index (χ0n) is 19.2. The predicted molar refractivity (Wildman–Crippen MR) is 130 cm³/mol. The van der Waals surface area contributed by atoms with Gasteiger partial charge in [0.15, 0.2) is 11.0 Å². The van der Waals surface area contributed by atoms with Crippen molar-refractivity contribution in [3.63, 3.8) is 0 Å². The van der Waals surface area contributed by atoms with Gasteiger partial charge in [-0.3, -0.25) is 9.59 Å². The number of benzene rings is 1. The van der Waals surface area contributed by atoms with Gasteiger partial charge in [-0.1, -0.05) is 23.9 Å². The van der Waals surface area contributed by atoms with Crippen molar-refractivity contribution in [2.45, 2.75) is 37.9 Å². The molecular weight excluding hydrogens is 493 g/mol. The maximum absolute atomic E-state index is 13.8. The molecule has 0 aliphatic heterocycles. The first kappa shape index (κ1) is 24.9. The van der Waals surface area contributed by atoms with E-state index in [1.807, 2.05) is 0 Å². The lowest BCUT2D eigenvalue weighted by Gasteiger charge is -2.08. The smallest absolute Gasteiger partial charge is 0.341 e. The third-order valence-corrected chi connectivity index (χ3v) is 7.66. The first-order valence-corrected chi connectivity index (χ1v) is 12.8. The normalized spacial score (nSPS) is 12.3. The number of nitrogens with zero attached hydrogens (tertiary/aromatic N) is 3. The number of nitrogens with one attached hydrogen (secondary N) is 2. The SMILES string of the molecule is CCOC(=O)c1c(NC(=O)CSc2nnc(CNC(=O)c3ccccc3F)n2C)sc2c1CCC2. The van der Waals surface area contributed by atoms with Gasteiger partial charge < -0.3 is 19.9 Å². The third kappa shape index (κ3) is 5.54. The summed E-state index contributed by atoms with van der Waals surface area (Å²) in [5.41, 5.74) is 1.39. The lowest BCUT2D eigenvalue weighted by atomic mass is 10.1. The Bertz CT molecular complexity index is 1270. The third-order valence-electron chi connectivity index (χ3n) is 5.44. The van der Waals surface area contributed by atoms with Gasteiger partial charge in [-0.05, 0) is 43.9 Å². The molecule has 0 bridgehead atoms. The van der Waals surface area contributed by atoms with Crippen LogP contribution in [-0.2, 0) is 36.0 Å². The average molecular weight is 518 g/mol. The second-order valence-corrected chi connectivity index (χ2v) is 9.79. The molecule has 0 fully saturated rings. The first-order chi connectivity index (χ1) is 16.9. The van der Waals surface area contributed by atoms with Crippen molar-refractivity contribution in [1.82, 2.24) is 20.1 Å². The highest BCUT2D eigenvalue weighted by Crippen LogP contribution is 2.39. The van der Waals surface area contributed by atoms with Gasteiger partial charge in [0.1, 0.15) is 10.8 Å². The number of hydrogen-bond donors (Lipinski definition) is 2. The van der Waals surface area contributed by atoms with E-state index in [4.69, 9.17) is 4.74 Å². The molecular formula is C23H24FN5O4S2. The fourth-order valence-electron chi connectivity index (χ4n) is 3.73. The van der Waals surface area contributed by atoms with Crippen LogP contribution in [0.1, 0.15) is 50.3 Å². The highest BCUT2D eigenvalue weighted by molar-refractivity contribution is 7.99. The lowest BCUT2D eigenvalue weighted by molar-refractivity contribution is -0.113. The minimum Gasteiger partial charge on any atom is -0.462 e. The molecule has 0 spiro atoms. The fraction of sp³-hybridized carbons (Fsp3) is 0.348. The molecule has 2 aromatic heterocycles. The van der Waals surface area contributed by atoms with Gasteiger partial charge in [-0.2, -0.15) is 0 Å². The molecule has 1 aliphatic rings. The molecule has 2 N–H and O–H groups in total. The van der Waals surface area contributed by atoms with Crippen LogP contribution >= 0.6 is 23.1 Å². The fourth-order valence-corrected chi connectivity index (χ4v) is 5.75. The predicted octanol–water partition coefficient (Wildman–Crippen LogP) is 3.34. The Hall–Kier alpha value is -3.25. The molecule has 9 nitrogen and oxygen atoms in total. The number of aromatic nitrogens is 3. The van der Waals surface area contributed by atoms with Gasteiger partial charge in [0, 0.05) is 11.9 Å². The molecule has 0 unspecified atom stereocenters. The van der Waals surface area contributed by atoms with Crippen molar-refractivity contribution in [2.75, 3.05) is 17.7 Å². The van der Waals surface area contributed by atoms with Crippen LogP contribution in [0.3, 0.4) is 0 Å². The van der Waals surface area contributed by atoms with E-state index in [-0.39, 0.29) is 30.4 Å². The molecule has 0 atom stereocenters. The van der Waals surface area contributed by atoms with Gasteiger partial charge in [0.25, 0.3) is 5.91 Å². The maximum Gasteiger partial charge on any atom is 0.341 e. The van der Waals surface area contributed by atoms with Gasteiger partial charge >= 0.3 is 5.97 Å². The van der Waals surface area contributed by atoms with E-state index < -0.39 is 17.7 Å². The molecule has 0 saturated carbocycles. The number of hydrogen-bond acceptors (Lipinski definition) is 8. The van der Waals surface area contributed by atoms with Crippen LogP contribution in [-0.4, -0.2) is 44.9 Å². The zero-order chi connectivity index (χ0) is 24.9. The van der Waals surface area contributed by atoms with Crippen LogP contribution in [0, 0.1) is 5.82 Å². The Balaban J connectivity index is 1.35. The van der Waals surface area contributed by atoms with Gasteiger partial charge in [-0.25, -0.2) is 9.18 Å². The Morgan fingerprint density at radius 2 is 2.03 bits per heavy atom. The molecule has 1 aliphatic carbocycles. The highest BCUT2D eigenvalue weighted by atomic mass is 32.2. The second-order valence-electron chi connectivity index (χ2n) is 7.74. The maximum atomic E-state index is 13.8. The van der Waals surface area contributed by atoms with Crippen LogP contribution in [0.5, 0.6) is 0 Å². The van der Waals surface area contributed by atoms with E-state index in [2.05, 4.69) is 20.8 Å². The topological polar surface area (TPSA) is 115 Å². The lowest BCUT2D eigenvalue weighted by Crippen LogP contribution is -2.25. The molecule has 12 heteroatoms. The number of fused-ring (bicyclic) bond motifs is 1. The molecule has 3 aromatic rings. The van der Waals surface area contributed by atoms with Crippen molar-refractivity contribution < 1.29 is 23.5 Å². The van der Waals surface area contributed by atoms with E-state index in [0.29, 0.717) is 21.5 Å². The number of thioether (sulfide) groups is 1. The van der Waals surface area contributed by atoms with Gasteiger partial charge in [0.2, 0.25) is 5.91 Å². The summed E-state index contributed by atoms with van der Waals surface area (Å²) < 4.78 is 20.6. The Labute approximate surface area is 209 Å². The summed E-state index contributed by atoms with van der Waals surface area (Å²) in [4.78, 5) is 38.4. The number of carbonyl (C=O) groups is 3. The number of aryl methyl sites for hydroxylation is 1. The zero-order valence-corrected chi connectivity index (χ0v) is 20.9. The average Bonchev–Trinajstić information content (AvgIpc) is 3.51. The molecule has 0 radical (unpaired) electrons. The van der Waals surface area contributed by atoms with Crippen LogP contribution in [0.4, 0.5) is 9.39 Å². The summed E-state index contributed by atoms with van der Waals surface area (Å²) in [5, 5.41) is 14.6. The largest absolute Gasteiger partial charge is 0.462 e. The molecule has 35 heavy (non-hydrogen) atoms. The quantitative estimate of drug-likeness (QED) is 0.330. The van der Waals surface area contributed by atoms with Crippen LogP contribution in [0.25, 0.3) is 0 Å². The number of amides is 2. The first-order valence-electron chi connectivity index (χ1n) is 11.0. The summed E-state index contributed by atoms with van der Waals surface area (Å²) in [6.45, 7) is 2.06. The number of halogens is 1. The van der Waals surface area contributed by atoms with Crippen LogP contribution in [0.15, 0.2) is 29.4 Å². The second kappa shape index (κ2) is 11.0. The Morgan fingerprint density at radius 1 is 1.23 bits per heavy atom. The molecule has 0 saturated heterocycles. The van der Waals surface area contributed by atoms with E-state index in [9.17, 15) is 18.8 Å². The van der Waals surface area contributed by atoms with Crippen molar-refractivity contribution >= 4 is 45.9 Å². The minimum atomic E-state index is -0.604. The van der Waals surface area contributed by atoms with Crippen molar-refractivity contribution in [2.24, 2.45) is 7.05 Å². The van der Waals surface area contributed by atoms with Crippen molar-refractivity contribution in [3.05, 3.63) is 57.5 Å². The highest BCUT2D eigenvalue weighted by Gasteiger charge is 2.28. The van der Waals surface area contributed by atoms with Crippen LogP contribution in [0.2, 0.25) is 0 Å². The van der Waals surface area contributed by atoms with E-state index >= 15 is 0 Å². The standard InChI is InChI=1S/C23H24FN5O4S2/c1-3-33-22(32)19-14-8-6-10-16(14)35-21(19)26-18(30)12-34-23-28-27-17(29(23)2)11-25-20(31)13-7-4-5-9-15(13)24/h4-5,7,9H,3,6,8,10-12H2,1-2H3,(H,25,31)(H,26,30). The number of ether oxygens (including phenoxy) is 1. The monoisotopic (exact) mass is 517 g/mol. The summed E-state index contributed by atoms with van der Waals surface area (Å²) in [6.07, 6.45) is 2.69. The molecule has 4 rings (SSSR count). The van der Waals surface area contributed by atoms with Gasteiger partial charge in [-0.15, -0.1) is 21.5 Å². The van der Waals surface area contributed by atoms with E-state index in [1.54, 1.807) is 24.6 Å². The molecule has 2 amide bonds. The summed E-state index contributed by atoms with van der Waals surface area (Å²) >= 11 is 2.60. The number of thiophene rings is 1. The van der Waals surface area contributed by atoms with Crippen molar-refractivity contribution in [1.29, 1.82) is 0 Å². The number of esters is 1. The van der Waals surface area contributed by atoms with E-state index in [1.165, 1.54) is 41.3 Å². The number of carbonyl (C=O) groups excluding carboxylic acids is 3. The van der Waals surface area contributed by atoms with Gasteiger partial charge in [0.05, 0.1) is 30.0 Å². The summed E-state index contributed by atoms with van der Waals surface area (Å²) in [6, 6.07) is 5.71. The van der Waals surface area contributed by atoms with E-state index in [0.717, 1.165) is 29.7 Å². The summed E-state index contributed by atoms with van der Waals surface area (Å²) in [7, 11) is 1.72. The summed E-state index contributed by atoms with van der Waals surface area (Å²) in [5.74, 6) is -1.34. The molecule has 184 valence electrons. The Morgan fingerprint density at radius 3 is 2.80 bits per heavy atom. The van der Waals surface area contributed by atoms with Crippen molar-refractivity contribution in [3.8, 4) is 0 Å². The van der Waals surface area contributed by atoms with Crippen LogP contribution < -0.4 is 10.6 Å². The number of rotatable bonds is 9.